The van der Waals surface area contributed by atoms with Gasteiger partial charge in [0.1, 0.15) is 11.9 Å². The van der Waals surface area contributed by atoms with Gasteiger partial charge in [-0.05, 0) is 26.2 Å². The number of aliphatic hydroxyl groups is 2. The molecule has 2 N–H and O–H groups in total. The largest absolute Gasteiger partial charge is 0.451 e. The zero-order valence-electron chi connectivity index (χ0n) is 29.8. The lowest BCUT2D eigenvalue weighted by Crippen LogP contribution is -2.39. The highest BCUT2D eigenvalue weighted by atomic mass is 16.6. The van der Waals surface area contributed by atoms with Gasteiger partial charge in [-0.15, -0.1) is 0 Å². The lowest BCUT2D eigenvalue weighted by Gasteiger charge is -2.19. The van der Waals surface area contributed by atoms with Crippen molar-refractivity contribution in [1.82, 2.24) is 0 Å². The van der Waals surface area contributed by atoms with Crippen LogP contribution in [0.4, 0.5) is 0 Å². The molecule has 266 valence electrons. The summed E-state index contributed by atoms with van der Waals surface area (Å²) in [5, 5.41) is 18.5. The van der Waals surface area contributed by atoms with Crippen molar-refractivity contribution < 1.29 is 29.3 Å². The van der Waals surface area contributed by atoms with Gasteiger partial charge in [0.25, 0.3) is 0 Å². The van der Waals surface area contributed by atoms with Gasteiger partial charge >= 0.3 is 5.97 Å². The van der Waals surface area contributed by atoms with Crippen LogP contribution < -0.4 is 0 Å². The second-order valence-corrected chi connectivity index (χ2v) is 13.6. The Morgan fingerprint density at radius 3 is 1.07 bits per heavy atom. The molecule has 0 aliphatic carbocycles. The van der Waals surface area contributed by atoms with Crippen molar-refractivity contribution in [3.8, 4) is 0 Å². The molecule has 2 unspecified atom stereocenters. The minimum atomic E-state index is -1.36. The fraction of sp³-hybridized carbons (Fsp3) is 0.923. The highest BCUT2D eigenvalue weighted by Crippen LogP contribution is 2.16. The summed E-state index contributed by atoms with van der Waals surface area (Å²) in [6.45, 7) is 2.91. The van der Waals surface area contributed by atoms with E-state index in [0.717, 1.165) is 38.5 Å². The summed E-state index contributed by atoms with van der Waals surface area (Å²) in [6, 6.07) is 0. The molecule has 0 spiro atoms. The molecule has 0 aromatic heterocycles. The number of carbonyl (C=O) groups is 3. The number of esters is 1. The summed E-state index contributed by atoms with van der Waals surface area (Å²) in [6.07, 6.45) is 34.7. The van der Waals surface area contributed by atoms with E-state index in [2.05, 4.69) is 6.92 Å². The van der Waals surface area contributed by atoms with E-state index in [1.165, 1.54) is 155 Å². The number of hydrogen-bond donors (Lipinski definition) is 2. The van der Waals surface area contributed by atoms with Crippen molar-refractivity contribution in [3.05, 3.63) is 0 Å². The molecule has 0 saturated heterocycles. The summed E-state index contributed by atoms with van der Waals surface area (Å²) in [5.74, 6) is -0.466. The molecule has 2 atom stereocenters. The summed E-state index contributed by atoms with van der Waals surface area (Å²) < 4.78 is 5.02. The Labute approximate surface area is 278 Å². The van der Waals surface area contributed by atoms with Gasteiger partial charge in [0.15, 0.2) is 11.9 Å². The number of Topliss-reactive ketones (excluding diaryl/α,β-unsaturated/α-hetero) is 2. The first-order valence-electron chi connectivity index (χ1n) is 19.4. The van der Waals surface area contributed by atoms with Gasteiger partial charge in [0, 0.05) is 19.3 Å². The molecule has 0 aromatic rings. The SMILES string of the molecule is CCCCCCCCCCCCCCCC(=O)CCCCCCCCCCCCCCCCCC(=O)OC(C(C)=O)C(O)CO. The van der Waals surface area contributed by atoms with Crippen LogP contribution >= 0.6 is 0 Å². The van der Waals surface area contributed by atoms with Crippen LogP contribution in [0, 0.1) is 0 Å². The Balaban J connectivity index is 3.31. The molecule has 6 heteroatoms. The van der Waals surface area contributed by atoms with Gasteiger partial charge in [-0.3, -0.25) is 14.4 Å². The van der Waals surface area contributed by atoms with Gasteiger partial charge in [0.05, 0.1) is 6.61 Å². The summed E-state index contributed by atoms with van der Waals surface area (Å²) >= 11 is 0. The van der Waals surface area contributed by atoms with E-state index in [1.54, 1.807) is 0 Å². The molecule has 0 saturated carbocycles. The van der Waals surface area contributed by atoms with E-state index in [0.29, 0.717) is 12.2 Å². The first-order chi connectivity index (χ1) is 21.9. The molecule has 0 aliphatic heterocycles. The number of rotatable bonds is 36. The first-order valence-corrected chi connectivity index (χ1v) is 19.4. The Morgan fingerprint density at radius 2 is 0.778 bits per heavy atom. The van der Waals surface area contributed by atoms with Gasteiger partial charge in [-0.1, -0.05) is 167 Å². The second-order valence-electron chi connectivity index (χ2n) is 13.6. The Hall–Kier alpha value is -1.27. The minimum Gasteiger partial charge on any atom is -0.451 e. The maximum atomic E-state index is 12.2. The predicted octanol–water partition coefficient (Wildman–Crippen LogP) is 10.5. The third-order valence-corrected chi connectivity index (χ3v) is 9.09. The quantitative estimate of drug-likeness (QED) is 0.0523. The third-order valence-electron chi connectivity index (χ3n) is 9.09. The summed E-state index contributed by atoms with van der Waals surface area (Å²) in [5.41, 5.74) is 0. The van der Waals surface area contributed by atoms with Crippen molar-refractivity contribution in [2.75, 3.05) is 6.61 Å². The number of unbranched alkanes of at least 4 members (excludes halogenated alkanes) is 26. The van der Waals surface area contributed by atoms with Crippen LogP contribution in [0.25, 0.3) is 0 Å². The Kier molecular flexibility index (Phi) is 33.1. The Morgan fingerprint density at radius 1 is 0.489 bits per heavy atom. The summed E-state index contributed by atoms with van der Waals surface area (Å²) in [4.78, 5) is 35.5. The van der Waals surface area contributed by atoms with E-state index in [9.17, 15) is 19.5 Å². The summed E-state index contributed by atoms with van der Waals surface area (Å²) in [7, 11) is 0. The van der Waals surface area contributed by atoms with E-state index in [1.807, 2.05) is 0 Å². The molecule has 0 bridgehead atoms. The van der Waals surface area contributed by atoms with Crippen LogP contribution in [0.2, 0.25) is 0 Å². The molecule has 0 fully saturated rings. The number of ether oxygens (including phenoxy) is 1. The number of hydrogen-bond acceptors (Lipinski definition) is 6. The normalized spacial score (nSPS) is 12.7. The molecular formula is C39H74O6. The topological polar surface area (TPSA) is 101 Å². The van der Waals surface area contributed by atoms with E-state index in [4.69, 9.17) is 9.84 Å². The van der Waals surface area contributed by atoms with E-state index < -0.39 is 30.6 Å². The molecular weight excluding hydrogens is 564 g/mol. The van der Waals surface area contributed by atoms with Crippen molar-refractivity contribution in [2.45, 2.75) is 225 Å². The molecule has 0 amide bonds. The van der Waals surface area contributed by atoms with Crippen molar-refractivity contribution in [2.24, 2.45) is 0 Å². The molecule has 0 heterocycles. The fourth-order valence-electron chi connectivity index (χ4n) is 6.08. The Bertz CT molecular complexity index is 678. The van der Waals surface area contributed by atoms with Crippen LogP contribution in [-0.2, 0) is 19.1 Å². The zero-order valence-corrected chi connectivity index (χ0v) is 29.8. The molecule has 6 nitrogen and oxygen atoms in total. The minimum absolute atomic E-state index is 0.236. The predicted molar refractivity (Wildman–Crippen MR) is 187 cm³/mol. The third kappa shape index (κ3) is 31.1. The standard InChI is InChI=1S/C39H74O6/c1-3-4-5-6-7-8-9-13-16-19-22-25-28-31-36(42)32-29-26-23-20-17-14-11-10-12-15-18-21-24-27-30-33-38(44)45-39(35(2)41)37(43)34-40/h37,39-40,43H,3-34H2,1-2H3. The van der Waals surface area contributed by atoms with Gasteiger partial charge < -0.3 is 14.9 Å². The first kappa shape index (κ1) is 43.7. The number of ketones is 2. The smallest absolute Gasteiger partial charge is 0.306 e. The maximum absolute atomic E-state index is 12.2. The number of aliphatic hydroxyl groups excluding tert-OH is 2. The highest BCUT2D eigenvalue weighted by molar-refractivity contribution is 5.84. The zero-order chi connectivity index (χ0) is 33.2. The van der Waals surface area contributed by atoms with Gasteiger partial charge in [-0.25, -0.2) is 0 Å². The lowest BCUT2D eigenvalue weighted by atomic mass is 10.0. The molecule has 0 aromatic carbocycles. The number of carbonyl (C=O) groups excluding carboxylic acids is 3. The van der Waals surface area contributed by atoms with Crippen LogP contribution in [-0.4, -0.2) is 46.6 Å². The average Bonchev–Trinajstić information content (AvgIpc) is 3.03. The van der Waals surface area contributed by atoms with Crippen LogP contribution in [0.1, 0.15) is 213 Å². The van der Waals surface area contributed by atoms with Crippen LogP contribution in [0.3, 0.4) is 0 Å². The lowest BCUT2D eigenvalue weighted by molar-refractivity contribution is -0.162. The fourth-order valence-corrected chi connectivity index (χ4v) is 6.08. The maximum Gasteiger partial charge on any atom is 0.306 e. The average molecular weight is 639 g/mol. The van der Waals surface area contributed by atoms with E-state index >= 15 is 0 Å². The van der Waals surface area contributed by atoms with Crippen LogP contribution in [0.5, 0.6) is 0 Å². The van der Waals surface area contributed by atoms with Gasteiger partial charge in [0.2, 0.25) is 0 Å². The van der Waals surface area contributed by atoms with Crippen molar-refractivity contribution in [1.29, 1.82) is 0 Å². The highest BCUT2D eigenvalue weighted by Gasteiger charge is 2.26. The van der Waals surface area contributed by atoms with Crippen LogP contribution in [0.15, 0.2) is 0 Å². The second kappa shape index (κ2) is 34.1. The van der Waals surface area contributed by atoms with Crippen molar-refractivity contribution >= 4 is 17.5 Å². The van der Waals surface area contributed by atoms with Gasteiger partial charge in [-0.2, -0.15) is 0 Å². The molecule has 0 aliphatic rings. The molecule has 0 radical (unpaired) electrons. The van der Waals surface area contributed by atoms with E-state index in [-0.39, 0.29) is 6.42 Å². The molecule has 0 rings (SSSR count). The monoisotopic (exact) mass is 639 g/mol. The van der Waals surface area contributed by atoms with Crippen molar-refractivity contribution in [3.63, 3.8) is 0 Å². The molecule has 45 heavy (non-hydrogen) atoms.